The van der Waals surface area contributed by atoms with Crippen LogP contribution < -0.4 is 15.4 Å². The molecular weight excluding hydrogens is 412 g/mol. The summed E-state index contributed by atoms with van der Waals surface area (Å²) in [6.07, 6.45) is 0.417. The topological polar surface area (TPSA) is 79.8 Å². The fourth-order valence-corrected chi connectivity index (χ4v) is 4.28. The van der Waals surface area contributed by atoms with Crippen molar-refractivity contribution in [2.75, 3.05) is 19.3 Å². The number of sulfone groups is 1. The highest BCUT2D eigenvalue weighted by atomic mass is 32.2. The molecule has 0 unspecified atom stereocenters. The largest absolute Gasteiger partial charge is 0.434 e. The van der Waals surface area contributed by atoms with E-state index < -0.39 is 16.4 Å². The van der Waals surface area contributed by atoms with Crippen molar-refractivity contribution in [1.82, 2.24) is 10.6 Å². The summed E-state index contributed by atoms with van der Waals surface area (Å²) >= 11 is 0. The number of hydrogen-bond acceptors (Lipinski definition) is 4. The smallest absolute Gasteiger partial charge is 0.387 e. The number of guanidine groups is 1. The average Bonchev–Trinajstić information content (AvgIpc) is 2.69. The first-order valence-electron chi connectivity index (χ1n) is 9.52. The van der Waals surface area contributed by atoms with E-state index in [-0.39, 0.29) is 23.8 Å². The predicted octanol–water partition coefficient (Wildman–Crippen LogP) is 3.27. The standard InChI is InChI=1S/C21H27F2N3O3S/c1-16-9-10-19(29-20(22)23)18(13-16)14-26-21(24-2)25-11-6-12-30(27,28)15-17-7-4-3-5-8-17/h3-5,7-10,13,20H,6,11-12,14-15H2,1-2H3,(H2,24,25,26). The van der Waals surface area contributed by atoms with E-state index in [2.05, 4.69) is 20.4 Å². The summed E-state index contributed by atoms with van der Waals surface area (Å²) in [5, 5.41) is 6.07. The zero-order valence-electron chi connectivity index (χ0n) is 17.1. The Labute approximate surface area is 176 Å². The van der Waals surface area contributed by atoms with Gasteiger partial charge in [0.1, 0.15) is 5.75 Å². The maximum absolute atomic E-state index is 12.6. The third-order valence-electron chi connectivity index (χ3n) is 4.26. The van der Waals surface area contributed by atoms with E-state index in [1.165, 1.54) is 6.07 Å². The molecule has 30 heavy (non-hydrogen) atoms. The Hall–Kier alpha value is -2.68. The number of nitrogens with zero attached hydrogens (tertiary/aromatic N) is 1. The van der Waals surface area contributed by atoms with E-state index in [0.29, 0.717) is 24.5 Å². The van der Waals surface area contributed by atoms with Crippen LogP contribution in [0.1, 0.15) is 23.1 Å². The Morgan fingerprint density at radius 1 is 1.13 bits per heavy atom. The predicted molar refractivity (Wildman–Crippen MR) is 115 cm³/mol. The summed E-state index contributed by atoms with van der Waals surface area (Å²) in [6, 6.07) is 14.0. The van der Waals surface area contributed by atoms with Crippen LogP contribution in [0, 0.1) is 6.92 Å². The monoisotopic (exact) mass is 439 g/mol. The maximum atomic E-state index is 12.6. The molecule has 0 amide bonds. The number of benzene rings is 2. The van der Waals surface area contributed by atoms with Crippen LogP contribution in [0.4, 0.5) is 8.78 Å². The highest BCUT2D eigenvalue weighted by Crippen LogP contribution is 2.21. The lowest BCUT2D eigenvalue weighted by Gasteiger charge is -2.15. The van der Waals surface area contributed by atoms with Crippen molar-refractivity contribution < 1.29 is 21.9 Å². The summed E-state index contributed by atoms with van der Waals surface area (Å²) < 4.78 is 54.2. The number of nitrogens with one attached hydrogen (secondary N) is 2. The summed E-state index contributed by atoms with van der Waals surface area (Å²) in [5.74, 6) is 0.613. The third kappa shape index (κ3) is 8.36. The van der Waals surface area contributed by atoms with Crippen LogP contribution in [-0.4, -0.2) is 40.3 Å². The van der Waals surface area contributed by atoms with Crippen LogP contribution >= 0.6 is 0 Å². The van der Waals surface area contributed by atoms with E-state index in [4.69, 9.17) is 0 Å². The lowest BCUT2D eigenvalue weighted by Crippen LogP contribution is -2.37. The molecule has 6 nitrogen and oxygen atoms in total. The molecule has 2 aromatic carbocycles. The zero-order valence-corrected chi connectivity index (χ0v) is 17.9. The number of hydrogen-bond donors (Lipinski definition) is 2. The summed E-state index contributed by atoms with van der Waals surface area (Å²) in [5.41, 5.74) is 2.26. The van der Waals surface area contributed by atoms with Gasteiger partial charge in [0.25, 0.3) is 0 Å². The summed E-state index contributed by atoms with van der Waals surface area (Å²) in [7, 11) is -1.63. The van der Waals surface area contributed by atoms with Crippen LogP contribution in [-0.2, 0) is 22.1 Å². The number of aryl methyl sites for hydroxylation is 1. The Morgan fingerprint density at radius 3 is 2.53 bits per heavy atom. The van der Waals surface area contributed by atoms with Crippen LogP contribution in [0.15, 0.2) is 53.5 Å². The summed E-state index contributed by atoms with van der Waals surface area (Å²) in [4.78, 5) is 4.07. The van der Waals surface area contributed by atoms with Gasteiger partial charge >= 0.3 is 6.61 Å². The molecule has 0 heterocycles. The number of alkyl halides is 2. The highest BCUT2D eigenvalue weighted by Gasteiger charge is 2.13. The quantitative estimate of drug-likeness (QED) is 0.337. The van der Waals surface area contributed by atoms with E-state index in [0.717, 1.165) is 11.1 Å². The van der Waals surface area contributed by atoms with Gasteiger partial charge in [-0.05, 0) is 25.0 Å². The van der Waals surface area contributed by atoms with Gasteiger partial charge < -0.3 is 15.4 Å². The van der Waals surface area contributed by atoms with E-state index in [9.17, 15) is 17.2 Å². The van der Waals surface area contributed by atoms with Crippen molar-refractivity contribution in [3.8, 4) is 5.75 Å². The van der Waals surface area contributed by atoms with Gasteiger partial charge in [-0.25, -0.2) is 8.42 Å². The summed E-state index contributed by atoms with van der Waals surface area (Å²) in [6.45, 7) is -0.405. The average molecular weight is 440 g/mol. The number of halogens is 2. The molecular formula is C21H27F2N3O3S. The van der Waals surface area contributed by atoms with Crippen molar-refractivity contribution in [3.63, 3.8) is 0 Å². The van der Waals surface area contributed by atoms with Gasteiger partial charge in [0.15, 0.2) is 15.8 Å². The van der Waals surface area contributed by atoms with Gasteiger partial charge in [0, 0.05) is 25.7 Å². The van der Waals surface area contributed by atoms with Crippen molar-refractivity contribution >= 4 is 15.8 Å². The Morgan fingerprint density at radius 2 is 1.87 bits per heavy atom. The minimum atomic E-state index is -3.20. The van der Waals surface area contributed by atoms with Gasteiger partial charge in [-0.15, -0.1) is 0 Å². The molecule has 2 aromatic rings. The van der Waals surface area contributed by atoms with Crippen molar-refractivity contribution in [3.05, 3.63) is 65.2 Å². The number of aliphatic imine (C=N–C) groups is 1. The second kappa shape index (κ2) is 11.5. The fourth-order valence-electron chi connectivity index (χ4n) is 2.86. The minimum Gasteiger partial charge on any atom is -0.434 e. The molecule has 164 valence electrons. The lowest BCUT2D eigenvalue weighted by molar-refractivity contribution is -0.0504. The Balaban J connectivity index is 1.81. The molecule has 2 N–H and O–H groups in total. The molecule has 0 aromatic heterocycles. The highest BCUT2D eigenvalue weighted by molar-refractivity contribution is 7.90. The fraction of sp³-hybridized carbons (Fsp3) is 0.381. The molecule has 0 aliphatic carbocycles. The number of rotatable bonds is 10. The third-order valence-corrected chi connectivity index (χ3v) is 5.94. The van der Waals surface area contributed by atoms with Gasteiger partial charge in [-0.2, -0.15) is 8.78 Å². The van der Waals surface area contributed by atoms with Crippen molar-refractivity contribution in [1.29, 1.82) is 0 Å². The minimum absolute atomic E-state index is 0.0150. The van der Waals surface area contributed by atoms with Gasteiger partial charge in [-0.3, -0.25) is 4.99 Å². The van der Waals surface area contributed by atoms with Crippen molar-refractivity contribution in [2.24, 2.45) is 4.99 Å². The van der Waals surface area contributed by atoms with Gasteiger partial charge in [0.05, 0.1) is 11.5 Å². The van der Waals surface area contributed by atoms with Crippen LogP contribution in [0.3, 0.4) is 0 Å². The molecule has 0 saturated carbocycles. The molecule has 2 rings (SSSR count). The van der Waals surface area contributed by atoms with Gasteiger partial charge in [0.2, 0.25) is 0 Å². The second-order valence-corrected chi connectivity index (χ2v) is 8.96. The first kappa shape index (κ1) is 23.6. The van der Waals surface area contributed by atoms with E-state index >= 15 is 0 Å². The van der Waals surface area contributed by atoms with Gasteiger partial charge in [-0.1, -0.05) is 48.0 Å². The molecule has 0 aliphatic heterocycles. The Bertz CT molecular complexity index is 936. The Kier molecular flexibility index (Phi) is 9.04. The molecule has 0 bridgehead atoms. The molecule has 0 radical (unpaired) electrons. The van der Waals surface area contributed by atoms with Crippen LogP contribution in [0.5, 0.6) is 5.75 Å². The van der Waals surface area contributed by atoms with E-state index in [1.54, 1.807) is 31.3 Å². The molecule has 0 spiro atoms. The first-order chi connectivity index (χ1) is 14.3. The SMILES string of the molecule is CN=C(NCCCS(=O)(=O)Cc1ccccc1)NCc1cc(C)ccc1OC(F)F. The number of ether oxygens (including phenoxy) is 1. The molecule has 0 aliphatic rings. The molecule has 0 saturated heterocycles. The van der Waals surface area contributed by atoms with Crippen LogP contribution in [0.25, 0.3) is 0 Å². The normalized spacial score (nSPS) is 12.1. The van der Waals surface area contributed by atoms with Crippen molar-refractivity contribution in [2.45, 2.75) is 32.3 Å². The molecule has 0 atom stereocenters. The molecule has 0 fully saturated rings. The lowest BCUT2D eigenvalue weighted by atomic mass is 10.1. The van der Waals surface area contributed by atoms with E-state index in [1.807, 2.05) is 25.1 Å². The zero-order chi connectivity index (χ0) is 22.0. The maximum Gasteiger partial charge on any atom is 0.387 e. The molecule has 9 heteroatoms. The van der Waals surface area contributed by atoms with Crippen LogP contribution in [0.2, 0.25) is 0 Å². The first-order valence-corrected chi connectivity index (χ1v) is 11.3. The second-order valence-electron chi connectivity index (χ2n) is 6.77.